The monoisotopic (exact) mass is 345 g/mol. The number of hydrogen-bond acceptors (Lipinski definition) is 4. The number of halogens is 1. The van der Waals surface area contributed by atoms with E-state index in [0.717, 1.165) is 31.7 Å². The molecule has 0 aromatic heterocycles. The van der Waals surface area contributed by atoms with Gasteiger partial charge in [0.25, 0.3) is 0 Å². The van der Waals surface area contributed by atoms with Crippen molar-refractivity contribution in [2.24, 2.45) is 0 Å². The molecule has 0 spiro atoms. The second-order valence-electron chi connectivity index (χ2n) is 5.83. The molecule has 22 heavy (non-hydrogen) atoms. The molecule has 0 aliphatic carbocycles. The van der Waals surface area contributed by atoms with Crippen molar-refractivity contribution in [2.45, 2.75) is 24.7 Å². The second kappa shape index (κ2) is 7.75. The van der Waals surface area contributed by atoms with Gasteiger partial charge in [-0.2, -0.15) is 0 Å². The van der Waals surface area contributed by atoms with Crippen LogP contribution in [0.5, 0.6) is 0 Å². The number of hydrogen-bond donors (Lipinski definition) is 2. The Labute approximate surface area is 138 Å². The summed E-state index contributed by atoms with van der Waals surface area (Å²) in [5.41, 5.74) is 0.965. The average molecular weight is 346 g/mol. The molecule has 1 heterocycles. The van der Waals surface area contributed by atoms with Gasteiger partial charge in [-0.05, 0) is 23.6 Å². The van der Waals surface area contributed by atoms with Crippen molar-refractivity contribution in [1.29, 1.82) is 0 Å². The molecule has 0 atom stereocenters. The van der Waals surface area contributed by atoms with Crippen LogP contribution in [0.25, 0.3) is 0 Å². The van der Waals surface area contributed by atoms with Crippen LogP contribution in [-0.4, -0.2) is 52.6 Å². The molecular weight excluding hydrogens is 322 g/mol. The zero-order valence-electron chi connectivity index (χ0n) is 13.1. The lowest BCUT2D eigenvalue weighted by Gasteiger charge is -2.27. The van der Waals surface area contributed by atoms with Crippen LogP contribution in [0.15, 0.2) is 23.1 Å². The van der Waals surface area contributed by atoms with Gasteiger partial charge in [-0.25, -0.2) is 13.1 Å². The zero-order chi connectivity index (χ0) is 16.2. The predicted molar refractivity (Wildman–Crippen MR) is 90.0 cm³/mol. The van der Waals surface area contributed by atoms with Gasteiger partial charge >= 0.3 is 0 Å². The van der Waals surface area contributed by atoms with Crippen LogP contribution >= 0.6 is 11.6 Å². The van der Waals surface area contributed by atoms with Crippen LogP contribution in [0.4, 0.5) is 0 Å². The van der Waals surface area contributed by atoms with Gasteiger partial charge in [0.15, 0.2) is 0 Å². The Morgan fingerprint density at radius 2 is 2.00 bits per heavy atom. The molecule has 2 rings (SSSR count). The number of sulfonamides is 1. The third-order valence-electron chi connectivity index (χ3n) is 3.84. The van der Waals surface area contributed by atoms with Crippen molar-refractivity contribution < 1.29 is 8.42 Å². The smallest absolute Gasteiger partial charge is 0.242 e. The Morgan fingerprint density at radius 1 is 1.32 bits per heavy atom. The van der Waals surface area contributed by atoms with E-state index in [4.69, 9.17) is 11.6 Å². The Kier molecular flexibility index (Phi) is 6.23. The first kappa shape index (κ1) is 17.7. The van der Waals surface area contributed by atoms with Crippen LogP contribution in [0.3, 0.4) is 0 Å². The molecule has 5 nitrogen and oxygen atoms in total. The van der Waals surface area contributed by atoms with Gasteiger partial charge in [0.2, 0.25) is 10.0 Å². The lowest BCUT2D eigenvalue weighted by Crippen LogP contribution is -2.46. The topological polar surface area (TPSA) is 61.4 Å². The third kappa shape index (κ3) is 4.67. The van der Waals surface area contributed by atoms with Crippen molar-refractivity contribution in [2.75, 3.05) is 39.3 Å². The molecule has 0 saturated carbocycles. The van der Waals surface area contributed by atoms with E-state index in [0.29, 0.717) is 13.1 Å². The van der Waals surface area contributed by atoms with Crippen LogP contribution in [-0.2, 0) is 10.0 Å². The highest BCUT2D eigenvalue weighted by molar-refractivity contribution is 7.89. The van der Waals surface area contributed by atoms with Gasteiger partial charge in [-0.3, -0.25) is 4.90 Å². The third-order valence-corrected chi connectivity index (χ3v) is 5.78. The minimum Gasteiger partial charge on any atom is -0.314 e. The van der Waals surface area contributed by atoms with Crippen molar-refractivity contribution in [3.63, 3.8) is 0 Å². The molecule has 0 unspecified atom stereocenters. The predicted octanol–water partition coefficient (Wildman–Crippen LogP) is 1.65. The molecule has 1 aromatic rings. The van der Waals surface area contributed by atoms with Crippen molar-refractivity contribution >= 4 is 21.6 Å². The molecule has 0 bridgehead atoms. The number of nitrogens with one attached hydrogen (secondary N) is 2. The van der Waals surface area contributed by atoms with E-state index in [1.54, 1.807) is 12.1 Å². The summed E-state index contributed by atoms with van der Waals surface area (Å²) in [7, 11) is -3.57. The van der Waals surface area contributed by atoms with Crippen LogP contribution in [0, 0.1) is 0 Å². The maximum absolute atomic E-state index is 12.4. The van der Waals surface area contributed by atoms with Crippen LogP contribution in [0.1, 0.15) is 25.3 Å². The average Bonchev–Trinajstić information content (AvgIpc) is 2.48. The van der Waals surface area contributed by atoms with E-state index in [1.165, 1.54) is 0 Å². The van der Waals surface area contributed by atoms with Gasteiger partial charge < -0.3 is 5.32 Å². The molecule has 1 aromatic carbocycles. The summed E-state index contributed by atoms with van der Waals surface area (Å²) >= 11 is 6.08. The summed E-state index contributed by atoms with van der Waals surface area (Å²) in [5.74, 6) is 0.257. The maximum atomic E-state index is 12.4. The molecule has 1 aliphatic heterocycles. The van der Waals surface area contributed by atoms with Crippen LogP contribution < -0.4 is 10.0 Å². The molecule has 0 amide bonds. The van der Waals surface area contributed by atoms with Crippen molar-refractivity contribution in [3.05, 3.63) is 28.8 Å². The quantitative estimate of drug-likeness (QED) is 0.823. The lowest BCUT2D eigenvalue weighted by atomic mass is 10.0. The maximum Gasteiger partial charge on any atom is 0.242 e. The highest BCUT2D eigenvalue weighted by Crippen LogP contribution is 2.25. The summed E-state index contributed by atoms with van der Waals surface area (Å²) in [6.45, 7) is 8.96. The van der Waals surface area contributed by atoms with Gasteiger partial charge in [0, 0.05) is 39.3 Å². The molecule has 7 heteroatoms. The van der Waals surface area contributed by atoms with Crippen molar-refractivity contribution in [3.8, 4) is 0 Å². The number of benzene rings is 1. The van der Waals surface area contributed by atoms with E-state index in [9.17, 15) is 8.42 Å². The highest BCUT2D eigenvalue weighted by atomic mass is 35.5. The van der Waals surface area contributed by atoms with Gasteiger partial charge in [-0.1, -0.05) is 31.5 Å². The first-order chi connectivity index (χ1) is 10.4. The van der Waals surface area contributed by atoms with E-state index >= 15 is 0 Å². The minimum absolute atomic E-state index is 0.167. The Bertz CT molecular complexity index is 599. The van der Waals surface area contributed by atoms with Gasteiger partial charge in [0.05, 0.1) is 5.02 Å². The number of nitrogens with zero attached hydrogens (tertiary/aromatic N) is 1. The number of rotatable bonds is 6. The molecule has 0 radical (unpaired) electrons. The lowest BCUT2D eigenvalue weighted by molar-refractivity contribution is 0.245. The summed E-state index contributed by atoms with van der Waals surface area (Å²) < 4.78 is 27.5. The second-order valence-corrected chi connectivity index (χ2v) is 7.98. The van der Waals surface area contributed by atoms with E-state index in [1.807, 2.05) is 19.9 Å². The fraction of sp³-hybridized carbons (Fsp3) is 0.600. The highest BCUT2D eigenvalue weighted by Gasteiger charge is 2.19. The Morgan fingerprint density at radius 3 is 2.64 bits per heavy atom. The molecule has 2 N–H and O–H groups in total. The zero-order valence-corrected chi connectivity index (χ0v) is 14.7. The van der Waals surface area contributed by atoms with Gasteiger partial charge in [-0.15, -0.1) is 0 Å². The summed E-state index contributed by atoms with van der Waals surface area (Å²) in [4.78, 5) is 2.41. The Hall–Kier alpha value is -0.660. The molecule has 1 saturated heterocycles. The fourth-order valence-corrected chi connectivity index (χ4v) is 3.99. The first-order valence-corrected chi connectivity index (χ1v) is 9.48. The summed E-state index contributed by atoms with van der Waals surface area (Å²) in [6, 6.07) is 5.19. The summed E-state index contributed by atoms with van der Waals surface area (Å²) in [6.07, 6.45) is 0. The van der Waals surface area contributed by atoms with E-state index in [-0.39, 0.29) is 15.8 Å². The first-order valence-electron chi connectivity index (χ1n) is 7.62. The minimum atomic E-state index is -3.57. The number of piperazine rings is 1. The largest absolute Gasteiger partial charge is 0.314 e. The Balaban J connectivity index is 2.01. The van der Waals surface area contributed by atoms with Crippen molar-refractivity contribution in [1.82, 2.24) is 14.9 Å². The normalized spacial score (nSPS) is 17.1. The van der Waals surface area contributed by atoms with Crippen LogP contribution in [0.2, 0.25) is 5.02 Å². The SMILES string of the molecule is CC(C)c1ccc(Cl)c(S(=O)(=O)NCCN2CCNCC2)c1. The summed E-state index contributed by atoms with van der Waals surface area (Å²) in [5, 5.41) is 3.54. The van der Waals surface area contributed by atoms with E-state index < -0.39 is 10.0 Å². The van der Waals surface area contributed by atoms with E-state index in [2.05, 4.69) is 14.9 Å². The molecule has 1 fully saturated rings. The molecule has 124 valence electrons. The molecule has 1 aliphatic rings. The fourth-order valence-electron chi connectivity index (χ4n) is 2.44. The van der Waals surface area contributed by atoms with Gasteiger partial charge in [0.1, 0.15) is 4.90 Å². The standard InChI is InChI=1S/C15H24ClN3O2S/c1-12(2)13-3-4-14(16)15(11-13)22(20,21)18-7-10-19-8-5-17-6-9-19/h3-4,11-12,17-18H,5-10H2,1-2H3. The molecular formula is C15H24ClN3O2S.